The second-order valence-corrected chi connectivity index (χ2v) is 8.09. The minimum Gasteiger partial charge on any atom is -0.313 e. The summed E-state index contributed by atoms with van der Waals surface area (Å²) in [5.74, 6) is 0. The lowest BCUT2D eigenvalue weighted by atomic mass is 10.1. The molecule has 106 valence electrons. The van der Waals surface area contributed by atoms with E-state index in [0.717, 1.165) is 18.4 Å². The molecule has 2 aromatic rings. The first-order valence-electron chi connectivity index (χ1n) is 6.67. The molecule has 1 atom stereocenters. The summed E-state index contributed by atoms with van der Waals surface area (Å²) in [4.78, 5) is 0. The summed E-state index contributed by atoms with van der Waals surface area (Å²) >= 11 is 5.99. The predicted octanol–water partition coefficient (Wildman–Crippen LogP) is 5.27. The third-order valence-corrected chi connectivity index (χ3v) is 5.17. The first-order valence-corrected chi connectivity index (χ1v) is 9.38. The summed E-state index contributed by atoms with van der Waals surface area (Å²) in [7, 11) is 0. The Balaban J connectivity index is 1.75. The van der Waals surface area contributed by atoms with Crippen LogP contribution in [-0.4, -0.2) is 6.16 Å². The van der Waals surface area contributed by atoms with E-state index in [1.54, 1.807) is 0 Å². The second kappa shape index (κ2) is 7.64. The minimum absolute atomic E-state index is 0.299. The third kappa shape index (κ3) is 5.50. The summed E-state index contributed by atoms with van der Waals surface area (Å²) in [6.45, 7) is -2.72. The Bertz CT molecular complexity index is 557. The predicted molar refractivity (Wildman–Crippen MR) is 84.3 cm³/mol. The van der Waals surface area contributed by atoms with Crippen molar-refractivity contribution in [2.45, 2.75) is 19.4 Å². The molecule has 0 aromatic heterocycles. The van der Waals surface area contributed by atoms with Crippen LogP contribution >= 0.6 is 18.0 Å². The van der Waals surface area contributed by atoms with Crippen LogP contribution in [0.15, 0.2) is 60.7 Å². The standard InChI is InChI=1S/C16H18ClO2P/c17-20(18,19-14-16-10-5-2-6-11-16)13-7-12-15-8-3-1-4-9-15/h1-6,8-11H,7,12-14H2. The van der Waals surface area contributed by atoms with Crippen molar-refractivity contribution in [2.24, 2.45) is 0 Å². The molecule has 0 bridgehead atoms. The molecule has 0 fully saturated rings. The normalized spacial score (nSPS) is 13.8. The fourth-order valence-corrected chi connectivity index (χ4v) is 3.44. The lowest BCUT2D eigenvalue weighted by molar-refractivity contribution is 0.313. The maximum Gasteiger partial charge on any atom is 0.290 e. The number of hydrogen-bond acceptors (Lipinski definition) is 2. The van der Waals surface area contributed by atoms with Crippen LogP contribution in [0.25, 0.3) is 0 Å². The van der Waals surface area contributed by atoms with Crippen molar-refractivity contribution < 1.29 is 9.09 Å². The molecule has 1 unspecified atom stereocenters. The highest BCUT2D eigenvalue weighted by atomic mass is 35.7. The van der Waals surface area contributed by atoms with E-state index in [1.165, 1.54) is 5.56 Å². The van der Waals surface area contributed by atoms with Crippen molar-refractivity contribution in [3.63, 3.8) is 0 Å². The van der Waals surface area contributed by atoms with E-state index >= 15 is 0 Å². The molecule has 0 spiro atoms. The first-order chi connectivity index (χ1) is 9.66. The fraction of sp³-hybridized carbons (Fsp3) is 0.250. The number of benzene rings is 2. The SMILES string of the molecule is O=P(Cl)(CCCc1ccccc1)OCc1ccccc1. The van der Waals surface area contributed by atoms with E-state index in [0.29, 0.717) is 12.8 Å². The molecule has 4 heteroatoms. The Morgan fingerprint density at radius 3 is 2.05 bits per heavy atom. The van der Waals surface area contributed by atoms with Gasteiger partial charge in [0.25, 0.3) is 6.72 Å². The van der Waals surface area contributed by atoms with Gasteiger partial charge in [-0.25, -0.2) is 0 Å². The second-order valence-electron chi connectivity index (χ2n) is 4.66. The zero-order chi connectivity index (χ0) is 14.3. The molecule has 2 aromatic carbocycles. The van der Waals surface area contributed by atoms with Crippen molar-refractivity contribution in [1.29, 1.82) is 0 Å². The quantitative estimate of drug-likeness (QED) is 0.651. The van der Waals surface area contributed by atoms with Crippen LogP contribution in [0.5, 0.6) is 0 Å². The van der Waals surface area contributed by atoms with Gasteiger partial charge >= 0.3 is 0 Å². The van der Waals surface area contributed by atoms with Crippen molar-refractivity contribution in [3.8, 4) is 0 Å². The Labute approximate surface area is 125 Å². The van der Waals surface area contributed by atoms with Gasteiger partial charge < -0.3 is 4.52 Å². The molecule has 2 nitrogen and oxygen atoms in total. The summed E-state index contributed by atoms with van der Waals surface area (Å²) in [5, 5.41) is 0. The zero-order valence-electron chi connectivity index (χ0n) is 11.2. The van der Waals surface area contributed by atoms with Crippen LogP contribution in [0.1, 0.15) is 17.5 Å². The third-order valence-electron chi connectivity index (χ3n) is 3.00. The van der Waals surface area contributed by atoms with Crippen molar-refractivity contribution in [1.82, 2.24) is 0 Å². The van der Waals surface area contributed by atoms with Gasteiger partial charge in [0.1, 0.15) is 0 Å². The average molecular weight is 309 g/mol. The Morgan fingerprint density at radius 2 is 1.45 bits per heavy atom. The Kier molecular flexibility index (Phi) is 5.85. The van der Waals surface area contributed by atoms with E-state index in [1.807, 2.05) is 48.5 Å². The Hall–Kier alpha value is -1.08. The van der Waals surface area contributed by atoms with Crippen LogP contribution in [0.3, 0.4) is 0 Å². The summed E-state index contributed by atoms with van der Waals surface area (Å²) < 4.78 is 17.5. The molecule has 0 aliphatic carbocycles. The summed E-state index contributed by atoms with van der Waals surface area (Å²) in [6, 6.07) is 19.8. The molecule has 2 rings (SSSR count). The highest BCUT2D eigenvalue weighted by molar-refractivity contribution is 7.85. The van der Waals surface area contributed by atoms with Gasteiger partial charge in [-0.2, -0.15) is 0 Å². The number of hydrogen-bond donors (Lipinski definition) is 0. The molecule has 20 heavy (non-hydrogen) atoms. The van der Waals surface area contributed by atoms with E-state index in [9.17, 15) is 4.57 Å². The largest absolute Gasteiger partial charge is 0.313 e. The van der Waals surface area contributed by atoms with Crippen LogP contribution in [0.4, 0.5) is 0 Å². The topological polar surface area (TPSA) is 26.3 Å². The van der Waals surface area contributed by atoms with Crippen molar-refractivity contribution >= 4 is 18.0 Å². The van der Waals surface area contributed by atoms with Crippen LogP contribution in [0, 0.1) is 0 Å². The molecule has 0 radical (unpaired) electrons. The highest BCUT2D eigenvalue weighted by Crippen LogP contribution is 2.53. The van der Waals surface area contributed by atoms with Crippen molar-refractivity contribution in [2.75, 3.05) is 6.16 Å². The van der Waals surface area contributed by atoms with Gasteiger partial charge in [-0.15, -0.1) is 0 Å². The van der Waals surface area contributed by atoms with Gasteiger partial charge in [-0.3, -0.25) is 4.57 Å². The van der Waals surface area contributed by atoms with Gasteiger partial charge in [0, 0.05) is 6.16 Å². The molecule has 0 saturated carbocycles. The van der Waals surface area contributed by atoms with Gasteiger partial charge in [0.15, 0.2) is 0 Å². The van der Waals surface area contributed by atoms with E-state index < -0.39 is 6.72 Å². The van der Waals surface area contributed by atoms with Gasteiger partial charge in [-0.05, 0) is 35.2 Å². The molecule has 0 heterocycles. The molecule has 0 aliphatic rings. The summed E-state index contributed by atoms with van der Waals surface area (Å²) in [6.07, 6.45) is 2.03. The number of rotatable bonds is 7. The van der Waals surface area contributed by atoms with Crippen LogP contribution in [-0.2, 0) is 22.1 Å². The smallest absolute Gasteiger partial charge is 0.290 e. The van der Waals surface area contributed by atoms with E-state index in [2.05, 4.69) is 12.1 Å². The van der Waals surface area contributed by atoms with Crippen LogP contribution in [0.2, 0.25) is 0 Å². The fourth-order valence-electron chi connectivity index (χ4n) is 1.93. The maximum absolute atomic E-state index is 12.1. The zero-order valence-corrected chi connectivity index (χ0v) is 12.9. The highest BCUT2D eigenvalue weighted by Gasteiger charge is 2.18. The van der Waals surface area contributed by atoms with Crippen molar-refractivity contribution in [3.05, 3.63) is 71.8 Å². The molecular weight excluding hydrogens is 291 g/mol. The Morgan fingerprint density at radius 1 is 0.900 bits per heavy atom. The molecule has 0 N–H and O–H groups in total. The number of halogens is 1. The molecular formula is C16H18ClO2P. The monoisotopic (exact) mass is 308 g/mol. The lowest BCUT2D eigenvalue weighted by Gasteiger charge is -2.11. The lowest BCUT2D eigenvalue weighted by Crippen LogP contribution is -1.94. The number of aryl methyl sites for hydroxylation is 1. The van der Waals surface area contributed by atoms with E-state index in [4.69, 9.17) is 15.8 Å². The van der Waals surface area contributed by atoms with E-state index in [-0.39, 0.29) is 0 Å². The first kappa shape index (κ1) is 15.3. The molecule has 0 saturated heterocycles. The average Bonchev–Trinajstić information content (AvgIpc) is 2.47. The van der Waals surface area contributed by atoms with Crippen LogP contribution < -0.4 is 0 Å². The molecule has 0 aliphatic heterocycles. The van der Waals surface area contributed by atoms with Gasteiger partial charge in [-0.1, -0.05) is 60.7 Å². The summed E-state index contributed by atoms with van der Waals surface area (Å²) in [5.41, 5.74) is 2.21. The van der Waals surface area contributed by atoms with Gasteiger partial charge in [0.05, 0.1) is 6.61 Å². The molecule has 0 amide bonds. The minimum atomic E-state index is -3.02. The maximum atomic E-state index is 12.1. The van der Waals surface area contributed by atoms with Gasteiger partial charge in [0.2, 0.25) is 0 Å².